The number of carbonyl (C=O) groups is 1. The number of carbonyl (C=O) groups excluding carboxylic acids is 1. The Morgan fingerprint density at radius 1 is 1.39 bits per heavy atom. The molecule has 0 unspecified atom stereocenters. The van der Waals surface area contributed by atoms with Gasteiger partial charge in [-0.1, -0.05) is 18.2 Å². The van der Waals surface area contributed by atoms with Crippen LogP contribution in [0.1, 0.15) is 24.8 Å². The molecule has 18 heavy (non-hydrogen) atoms. The van der Waals surface area contributed by atoms with E-state index in [1.165, 1.54) is 0 Å². The van der Waals surface area contributed by atoms with E-state index in [0.29, 0.717) is 19.4 Å². The summed E-state index contributed by atoms with van der Waals surface area (Å²) in [6.45, 7) is 0.621. The molecule has 0 aliphatic heterocycles. The van der Waals surface area contributed by atoms with E-state index in [0.717, 1.165) is 24.2 Å². The number of benzene rings is 1. The molecule has 0 radical (unpaired) electrons. The lowest BCUT2D eigenvalue weighted by molar-refractivity contribution is -0.120. The maximum absolute atomic E-state index is 11.7. The fourth-order valence-corrected chi connectivity index (χ4v) is 1.64. The van der Waals surface area contributed by atoms with E-state index in [-0.39, 0.29) is 5.91 Å². The molecule has 4 nitrogen and oxygen atoms in total. The number of hydrogen-bond acceptors (Lipinski definition) is 3. The fourth-order valence-electron chi connectivity index (χ4n) is 1.64. The van der Waals surface area contributed by atoms with Crippen LogP contribution in [0.15, 0.2) is 24.3 Å². The van der Waals surface area contributed by atoms with E-state index in [2.05, 4.69) is 11.4 Å². The lowest BCUT2D eigenvalue weighted by atomic mass is 10.1. The molecular formula is C14H18N2O2. The zero-order valence-electron chi connectivity index (χ0n) is 10.6. The minimum Gasteiger partial charge on any atom is -0.496 e. The monoisotopic (exact) mass is 246 g/mol. The molecule has 0 heterocycles. The van der Waals surface area contributed by atoms with Crippen molar-refractivity contribution < 1.29 is 9.53 Å². The van der Waals surface area contributed by atoms with Gasteiger partial charge in [-0.2, -0.15) is 5.26 Å². The molecule has 0 fully saturated rings. The normalized spacial score (nSPS) is 9.56. The molecule has 0 spiro atoms. The molecule has 1 amide bonds. The predicted octanol–water partition coefficient (Wildman–Crippen LogP) is 2.05. The Kier molecular flexibility index (Phi) is 6.34. The first-order valence-electron chi connectivity index (χ1n) is 6.03. The van der Waals surface area contributed by atoms with Crippen LogP contribution in [-0.2, 0) is 11.2 Å². The number of ether oxygens (including phenoxy) is 1. The molecule has 0 saturated carbocycles. The Morgan fingerprint density at radius 3 is 2.89 bits per heavy atom. The number of amides is 1. The lowest BCUT2D eigenvalue weighted by Crippen LogP contribution is -2.26. The highest BCUT2D eigenvalue weighted by Gasteiger charge is 2.07. The summed E-state index contributed by atoms with van der Waals surface area (Å²) in [7, 11) is 1.60. The number of methoxy groups -OCH3 is 1. The van der Waals surface area contributed by atoms with Gasteiger partial charge >= 0.3 is 0 Å². The summed E-state index contributed by atoms with van der Waals surface area (Å²) >= 11 is 0. The average molecular weight is 246 g/mol. The van der Waals surface area contributed by atoms with Crippen molar-refractivity contribution in [1.29, 1.82) is 5.26 Å². The Labute approximate surface area is 108 Å². The fraction of sp³-hybridized carbons (Fsp3) is 0.429. The third-order valence-corrected chi connectivity index (χ3v) is 2.58. The van der Waals surface area contributed by atoms with Crippen molar-refractivity contribution in [2.24, 2.45) is 0 Å². The van der Waals surface area contributed by atoms with Gasteiger partial charge in [-0.3, -0.25) is 4.79 Å². The first-order valence-corrected chi connectivity index (χ1v) is 6.03. The molecule has 0 aliphatic carbocycles. The number of nitrogens with one attached hydrogen (secondary N) is 1. The van der Waals surface area contributed by atoms with Crippen LogP contribution in [0.25, 0.3) is 0 Å². The molecule has 0 saturated heterocycles. The number of unbranched alkanes of at least 4 members (excludes halogenated alkanes) is 2. The van der Waals surface area contributed by atoms with Crippen LogP contribution in [0, 0.1) is 11.3 Å². The molecule has 1 aromatic carbocycles. The van der Waals surface area contributed by atoms with Crippen LogP contribution in [0.2, 0.25) is 0 Å². The first-order chi connectivity index (χ1) is 8.77. The molecule has 4 heteroatoms. The smallest absolute Gasteiger partial charge is 0.224 e. The lowest BCUT2D eigenvalue weighted by Gasteiger charge is -2.08. The van der Waals surface area contributed by atoms with Crippen LogP contribution < -0.4 is 10.1 Å². The first kappa shape index (κ1) is 14.0. The zero-order valence-corrected chi connectivity index (χ0v) is 10.6. The summed E-state index contributed by atoms with van der Waals surface area (Å²) < 4.78 is 5.19. The molecular weight excluding hydrogens is 228 g/mol. The van der Waals surface area contributed by atoms with E-state index in [9.17, 15) is 4.79 Å². The molecule has 0 aliphatic rings. The van der Waals surface area contributed by atoms with Gasteiger partial charge in [0.05, 0.1) is 19.6 Å². The third kappa shape index (κ3) is 4.88. The highest BCUT2D eigenvalue weighted by atomic mass is 16.5. The molecule has 0 aromatic heterocycles. The van der Waals surface area contributed by atoms with Crippen molar-refractivity contribution >= 4 is 5.91 Å². The van der Waals surface area contributed by atoms with Gasteiger partial charge in [0.25, 0.3) is 0 Å². The van der Waals surface area contributed by atoms with Crippen LogP contribution in [0.4, 0.5) is 0 Å². The maximum atomic E-state index is 11.7. The van der Waals surface area contributed by atoms with Gasteiger partial charge in [-0.05, 0) is 18.9 Å². The molecule has 1 rings (SSSR count). The van der Waals surface area contributed by atoms with Crippen molar-refractivity contribution in [1.82, 2.24) is 5.32 Å². The Morgan fingerprint density at radius 2 is 2.17 bits per heavy atom. The molecule has 1 aromatic rings. The van der Waals surface area contributed by atoms with Gasteiger partial charge in [0.1, 0.15) is 5.75 Å². The summed E-state index contributed by atoms with van der Waals surface area (Å²) in [6.07, 6.45) is 2.53. The molecule has 1 N–H and O–H groups in total. The van der Waals surface area contributed by atoms with Crippen LogP contribution in [-0.4, -0.2) is 19.6 Å². The zero-order chi connectivity index (χ0) is 13.2. The summed E-state index contributed by atoms with van der Waals surface area (Å²) in [5.74, 6) is 0.716. The minimum atomic E-state index is -0.0172. The summed E-state index contributed by atoms with van der Waals surface area (Å²) in [6, 6.07) is 9.57. The molecule has 0 atom stereocenters. The summed E-state index contributed by atoms with van der Waals surface area (Å²) in [5, 5.41) is 11.2. The Balaban J connectivity index is 2.33. The quantitative estimate of drug-likeness (QED) is 0.749. The van der Waals surface area contributed by atoms with E-state index in [4.69, 9.17) is 10.00 Å². The van der Waals surface area contributed by atoms with Gasteiger partial charge < -0.3 is 10.1 Å². The van der Waals surface area contributed by atoms with Gasteiger partial charge in [0, 0.05) is 18.5 Å². The number of nitrogens with zero attached hydrogens (tertiary/aromatic N) is 1. The molecule has 96 valence electrons. The van der Waals surface area contributed by atoms with Crippen molar-refractivity contribution in [3.63, 3.8) is 0 Å². The predicted molar refractivity (Wildman–Crippen MR) is 69.2 cm³/mol. The van der Waals surface area contributed by atoms with Crippen molar-refractivity contribution in [3.05, 3.63) is 29.8 Å². The molecule has 0 bridgehead atoms. The van der Waals surface area contributed by atoms with E-state index < -0.39 is 0 Å². The van der Waals surface area contributed by atoms with Gasteiger partial charge in [-0.25, -0.2) is 0 Å². The minimum absolute atomic E-state index is 0.0172. The second kappa shape index (κ2) is 8.13. The Hall–Kier alpha value is -2.02. The number of para-hydroxylation sites is 1. The SMILES string of the molecule is COc1ccccc1CC(=O)NCCCCC#N. The maximum Gasteiger partial charge on any atom is 0.224 e. The standard InChI is InChI=1S/C14H18N2O2/c1-18-13-8-4-3-7-12(13)11-14(17)16-10-6-2-5-9-15/h3-4,7-8H,2,5-6,10-11H2,1H3,(H,16,17). The second-order valence-electron chi connectivity index (χ2n) is 3.95. The van der Waals surface area contributed by atoms with E-state index >= 15 is 0 Å². The Bertz CT molecular complexity index is 424. The topological polar surface area (TPSA) is 62.1 Å². The van der Waals surface area contributed by atoms with E-state index in [1.54, 1.807) is 7.11 Å². The highest BCUT2D eigenvalue weighted by molar-refractivity contribution is 5.79. The second-order valence-corrected chi connectivity index (χ2v) is 3.95. The average Bonchev–Trinajstić information content (AvgIpc) is 2.39. The number of nitriles is 1. The van der Waals surface area contributed by atoms with Crippen molar-refractivity contribution in [3.8, 4) is 11.8 Å². The van der Waals surface area contributed by atoms with Gasteiger partial charge in [0.2, 0.25) is 5.91 Å². The third-order valence-electron chi connectivity index (χ3n) is 2.58. The number of rotatable bonds is 7. The van der Waals surface area contributed by atoms with Crippen molar-refractivity contribution in [2.75, 3.05) is 13.7 Å². The number of hydrogen-bond donors (Lipinski definition) is 1. The van der Waals surface area contributed by atoms with Gasteiger partial charge in [-0.15, -0.1) is 0 Å². The summed E-state index contributed by atoms with van der Waals surface area (Å²) in [5.41, 5.74) is 0.884. The van der Waals surface area contributed by atoms with Gasteiger partial charge in [0.15, 0.2) is 0 Å². The largest absolute Gasteiger partial charge is 0.496 e. The van der Waals surface area contributed by atoms with E-state index in [1.807, 2.05) is 24.3 Å². The summed E-state index contributed by atoms with van der Waals surface area (Å²) in [4.78, 5) is 11.7. The van der Waals surface area contributed by atoms with Crippen LogP contribution in [0.3, 0.4) is 0 Å². The van der Waals surface area contributed by atoms with Crippen LogP contribution in [0.5, 0.6) is 5.75 Å². The van der Waals surface area contributed by atoms with Crippen molar-refractivity contribution in [2.45, 2.75) is 25.7 Å². The van der Waals surface area contributed by atoms with Crippen LogP contribution >= 0.6 is 0 Å². The highest BCUT2D eigenvalue weighted by Crippen LogP contribution is 2.17.